The van der Waals surface area contributed by atoms with Crippen molar-refractivity contribution in [3.05, 3.63) is 57.5 Å². The largest absolute Gasteiger partial charge is 0.304 e. The van der Waals surface area contributed by atoms with Crippen LogP contribution >= 0.6 is 34.8 Å². The van der Waals surface area contributed by atoms with Crippen molar-refractivity contribution < 1.29 is 4.39 Å². The highest BCUT2D eigenvalue weighted by atomic mass is 35.5. The first-order valence-corrected chi connectivity index (χ1v) is 6.47. The molecule has 6 heteroatoms. The molecule has 19 heavy (non-hydrogen) atoms. The van der Waals surface area contributed by atoms with Gasteiger partial charge in [0.15, 0.2) is 5.65 Å². The van der Waals surface area contributed by atoms with E-state index in [9.17, 15) is 4.39 Å². The van der Waals surface area contributed by atoms with Gasteiger partial charge in [-0.25, -0.2) is 9.37 Å². The molecule has 2 nitrogen and oxygen atoms in total. The molecule has 3 aromatic rings. The normalized spacial score (nSPS) is 11.2. The molecule has 3 rings (SSSR count). The average molecular weight is 316 g/mol. The zero-order valence-electron chi connectivity index (χ0n) is 9.37. The van der Waals surface area contributed by atoms with E-state index in [0.717, 1.165) is 0 Å². The number of halogens is 4. The Bertz CT molecular complexity index is 783. The molecule has 0 aliphatic rings. The summed E-state index contributed by atoms with van der Waals surface area (Å²) >= 11 is 17.7. The Kier molecular flexibility index (Phi) is 3.13. The molecule has 0 amide bonds. The van der Waals surface area contributed by atoms with Gasteiger partial charge in [0.05, 0.1) is 15.7 Å². The van der Waals surface area contributed by atoms with Gasteiger partial charge in [0.1, 0.15) is 5.82 Å². The number of hydrogen-bond donors (Lipinski definition) is 0. The fraction of sp³-hybridized carbons (Fsp3) is 0. The lowest BCUT2D eigenvalue weighted by Gasteiger charge is -1.98. The van der Waals surface area contributed by atoms with Crippen LogP contribution in [0.2, 0.25) is 15.1 Å². The molecule has 0 saturated heterocycles. The molecular formula is C13H6Cl3FN2. The molecule has 0 atom stereocenters. The monoisotopic (exact) mass is 314 g/mol. The van der Waals surface area contributed by atoms with Crippen molar-refractivity contribution in [2.24, 2.45) is 0 Å². The minimum atomic E-state index is -0.432. The molecule has 0 fully saturated rings. The predicted molar refractivity (Wildman–Crippen MR) is 75.6 cm³/mol. The second-order valence-electron chi connectivity index (χ2n) is 3.99. The van der Waals surface area contributed by atoms with Gasteiger partial charge in [-0.2, -0.15) is 0 Å². The SMILES string of the molecule is Fc1cc(Cl)ccc1-c1cn2cc(Cl)cc(Cl)c2n1. The highest BCUT2D eigenvalue weighted by Gasteiger charge is 2.12. The first-order valence-electron chi connectivity index (χ1n) is 5.34. The number of benzene rings is 1. The summed E-state index contributed by atoms with van der Waals surface area (Å²) in [7, 11) is 0. The van der Waals surface area contributed by atoms with Gasteiger partial charge < -0.3 is 4.40 Å². The Balaban J connectivity index is 2.23. The van der Waals surface area contributed by atoms with Crippen molar-refractivity contribution in [1.82, 2.24) is 9.38 Å². The zero-order chi connectivity index (χ0) is 13.6. The summed E-state index contributed by atoms with van der Waals surface area (Å²) in [5, 5.41) is 1.23. The first-order chi connectivity index (χ1) is 9.04. The van der Waals surface area contributed by atoms with Crippen LogP contribution in [0.15, 0.2) is 36.7 Å². The minimum absolute atomic E-state index is 0.339. The number of pyridine rings is 1. The van der Waals surface area contributed by atoms with E-state index >= 15 is 0 Å². The summed E-state index contributed by atoms with van der Waals surface area (Å²) < 4.78 is 15.5. The third-order valence-corrected chi connectivity index (χ3v) is 3.40. The van der Waals surface area contributed by atoms with Crippen LogP contribution in [0.5, 0.6) is 0 Å². The van der Waals surface area contributed by atoms with E-state index in [1.54, 1.807) is 35.0 Å². The van der Waals surface area contributed by atoms with Crippen LogP contribution in [-0.4, -0.2) is 9.38 Å². The second kappa shape index (κ2) is 4.67. The van der Waals surface area contributed by atoms with Gasteiger partial charge in [0.2, 0.25) is 0 Å². The van der Waals surface area contributed by atoms with Gasteiger partial charge in [0, 0.05) is 23.0 Å². The summed E-state index contributed by atoms with van der Waals surface area (Å²) in [6.07, 6.45) is 3.33. The van der Waals surface area contributed by atoms with Gasteiger partial charge >= 0.3 is 0 Å². The Morgan fingerprint density at radius 1 is 1.00 bits per heavy atom. The lowest BCUT2D eigenvalue weighted by atomic mass is 10.1. The maximum Gasteiger partial charge on any atom is 0.156 e. The lowest BCUT2D eigenvalue weighted by molar-refractivity contribution is 0.631. The molecule has 0 spiro atoms. The van der Waals surface area contributed by atoms with Crippen LogP contribution in [0, 0.1) is 5.82 Å². The number of aromatic nitrogens is 2. The van der Waals surface area contributed by atoms with Crippen molar-refractivity contribution in [3.8, 4) is 11.3 Å². The molecular weight excluding hydrogens is 310 g/mol. The quantitative estimate of drug-likeness (QED) is 0.610. The van der Waals surface area contributed by atoms with E-state index in [1.807, 2.05) is 0 Å². The molecule has 2 aromatic heterocycles. The van der Waals surface area contributed by atoms with E-state index in [4.69, 9.17) is 34.8 Å². The topological polar surface area (TPSA) is 17.3 Å². The van der Waals surface area contributed by atoms with Gasteiger partial charge in [-0.1, -0.05) is 34.8 Å². The van der Waals surface area contributed by atoms with Crippen molar-refractivity contribution in [1.29, 1.82) is 0 Å². The molecule has 0 aliphatic heterocycles. The van der Waals surface area contributed by atoms with E-state index in [1.165, 1.54) is 6.07 Å². The molecule has 0 bridgehead atoms. The Labute approximate surface area is 123 Å². The summed E-state index contributed by atoms with van der Waals surface area (Å²) in [6.45, 7) is 0. The summed E-state index contributed by atoms with van der Waals surface area (Å²) in [5.74, 6) is -0.432. The fourth-order valence-corrected chi connectivity index (χ4v) is 2.54. The fourth-order valence-electron chi connectivity index (χ4n) is 1.85. The number of fused-ring (bicyclic) bond motifs is 1. The van der Waals surface area contributed by atoms with E-state index in [2.05, 4.69) is 4.98 Å². The minimum Gasteiger partial charge on any atom is -0.304 e. The van der Waals surface area contributed by atoms with Crippen molar-refractivity contribution in [2.45, 2.75) is 0 Å². The molecule has 0 aliphatic carbocycles. The first kappa shape index (κ1) is 12.7. The molecule has 0 unspecified atom stereocenters. The Morgan fingerprint density at radius 2 is 1.79 bits per heavy atom. The maximum absolute atomic E-state index is 13.9. The third kappa shape index (κ3) is 2.29. The number of nitrogens with zero attached hydrogens (tertiary/aromatic N) is 2. The third-order valence-electron chi connectivity index (χ3n) is 2.68. The number of imidazole rings is 1. The predicted octanol–water partition coefficient (Wildman–Crippen LogP) is 5.10. The van der Waals surface area contributed by atoms with E-state index < -0.39 is 5.82 Å². The Hall–Kier alpha value is -1.29. The second-order valence-corrected chi connectivity index (χ2v) is 5.27. The van der Waals surface area contributed by atoms with Crippen molar-refractivity contribution in [3.63, 3.8) is 0 Å². The molecule has 2 heterocycles. The Morgan fingerprint density at radius 3 is 2.53 bits per heavy atom. The van der Waals surface area contributed by atoms with Crippen LogP contribution < -0.4 is 0 Å². The zero-order valence-corrected chi connectivity index (χ0v) is 11.6. The molecule has 0 radical (unpaired) electrons. The molecule has 0 N–H and O–H groups in total. The summed E-state index contributed by atoms with van der Waals surface area (Å²) in [4.78, 5) is 4.30. The van der Waals surface area contributed by atoms with Crippen LogP contribution in [0.25, 0.3) is 16.9 Å². The molecule has 0 saturated carbocycles. The van der Waals surface area contributed by atoms with Gasteiger partial charge in [-0.05, 0) is 24.3 Å². The summed E-state index contributed by atoms with van der Waals surface area (Å²) in [5.41, 5.74) is 1.36. The lowest BCUT2D eigenvalue weighted by Crippen LogP contribution is -1.83. The average Bonchev–Trinajstić information content (AvgIpc) is 2.72. The van der Waals surface area contributed by atoms with Crippen LogP contribution in [0.1, 0.15) is 0 Å². The van der Waals surface area contributed by atoms with Crippen LogP contribution in [0.3, 0.4) is 0 Å². The van der Waals surface area contributed by atoms with Gasteiger partial charge in [-0.3, -0.25) is 0 Å². The number of rotatable bonds is 1. The van der Waals surface area contributed by atoms with Gasteiger partial charge in [0.25, 0.3) is 0 Å². The van der Waals surface area contributed by atoms with Crippen molar-refractivity contribution in [2.75, 3.05) is 0 Å². The van der Waals surface area contributed by atoms with Crippen molar-refractivity contribution >= 4 is 40.4 Å². The summed E-state index contributed by atoms with van der Waals surface area (Å²) in [6, 6.07) is 6.02. The number of hydrogen-bond acceptors (Lipinski definition) is 1. The highest BCUT2D eigenvalue weighted by Crippen LogP contribution is 2.28. The smallest absolute Gasteiger partial charge is 0.156 e. The van der Waals surface area contributed by atoms with Crippen LogP contribution in [-0.2, 0) is 0 Å². The molecule has 1 aromatic carbocycles. The standard InChI is InChI=1S/C13H6Cl3FN2/c14-7-1-2-9(11(17)4-7)12-6-19-5-8(15)3-10(16)13(19)18-12/h1-6H. The maximum atomic E-state index is 13.9. The van der Waals surface area contributed by atoms with Gasteiger partial charge in [-0.15, -0.1) is 0 Å². The van der Waals surface area contributed by atoms with E-state index in [-0.39, 0.29) is 0 Å². The highest BCUT2D eigenvalue weighted by molar-refractivity contribution is 6.36. The van der Waals surface area contributed by atoms with E-state index in [0.29, 0.717) is 32.0 Å². The molecule has 96 valence electrons. The van der Waals surface area contributed by atoms with Crippen LogP contribution in [0.4, 0.5) is 4.39 Å².